The van der Waals surface area contributed by atoms with E-state index < -0.39 is 0 Å². The maximum Gasteiger partial charge on any atom is 0.268 e. The molecule has 1 aliphatic heterocycles. The summed E-state index contributed by atoms with van der Waals surface area (Å²) in [5, 5.41) is 5.17. The van der Waals surface area contributed by atoms with Gasteiger partial charge in [0.05, 0.1) is 12.1 Å². The highest BCUT2D eigenvalue weighted by molar-refractivity contribution is 7.17. The zero-order valence-electron chi connectivity index (χ0n) is 11.7. The van der Waals surface area contributed by atoms with E-state index in [2.05, 4.69) is 20.2 Å². The Balaban J connectivity index is 1.66. The van der Waals surface area contributed by atoms with Gasteiger partial charge in [0.15, 0.2) is 0 Å². The van der Waals surface area contributed by atoms with Crippen molar-refractivity contribution in [1.82, 2.24) is 20.2 Å². The molecule has 20 heavy (non-hydrogen) atoms. The smallest absolute Gasteiger partial charge is 0.268 e. The summed E-state index contributed by atoms with van der Waals surface area (Å²) in [6.07, 6.45) is 2.43. The van der Waals surface area contributed by atoms with Gasteiger partial charge in [0.2, 0.25) is 0 Å². The summed E-state index contributed by atoms with van der Waals surface area (Å²) in [5.41, 5.74) is 0.809. The van der Waals surface area contributed by atoms with Gasteiger partial charge in [-0.25, -0.2) is 4.98 Å². The van der Waals surface area contributed by atoms with Gasteiger partial charge < -0.3 is 10.3 Å². The van der Waals surface area contributed by atoms with E-state index in [1.54, 1.807) is 0 Å². The highest BCUT2D eigenvalue weighted by atomic mass is 32.1. The zero-order valence-corrected chi connectivity index (χ0v) is 12.5. The molecule has 108 valence electrons. The van der Waals surface area contributed by atoms with E-state index in [0.29, 0.717) is 0 Å². The first kappa shape index (κ1) is 13.7. The minimum atomic E-state index is -0.00920. The number of hydrogen-bond donors (Lipinski definition) is 2. The Morgan fingerprint density at radius 3 is 3.05 bits per heavy atom. The van der Waals surface area contributed by atoms with E-state index in [4.69, 9.17) is 0 Å². The molecule has 2 aromatic rings. The summed E-state index contributed by atoms with van der Waals surface area (Å²) in [7, 11) is 2.01. The Kier molecular flexibility index (Phi) is 4.14. The number of likely N-dealkylation sites (tertiary alicyclic amines) is 1. The summed E-state index contributed by atoms with van der Waals surface area (Å²) >= 11 is 1.45. The molecule has 0 amide bonds. The number of thiophene rings is 1. The van der Waals surface area contributed by atoms with Crippen molar-refractivity contribution in [3.63, 3.8) is 0 Å². The second-order valence-corrected chi connectivity index (χ2v) is 6.34. The fourth-order valence-electron chi connectivity index (χ4n) is 2.85. The van der Waals surface area contributed by atoms with Crippen molar-refractivity contribution in [2.24, 2.45) is 5.92 Å². The van der Waals surface area contributed by atoms with Crippen LogP contribution in [0.15, 0.2) is 16.2 Å². The van der Waals surface area contributed by atoms with Gasteiger partial charge in [-0.05, 0) is 56.9 Å². The maximum absolute atomic E-state index is 11.9. The SMILES string of the molecule is CNCC1CCN(Cc2nc3ccsc3c(=O)[nH]2)CC1. The van der Waals surface area contributed by atoms with Gasteiger partial charge in [-0.2, -0.15) is 0 Å². The van der Waals surface area contributed by atoms with Crippen LogP contribution in [-0.2, 0) is 6.54 Å². The number of aromatic amines is 1. The van der Waals surface area contributed by atoms with Crippen molar-refractivity contribution in [1.29, 1.82) is 0 Å². The summed E-state index contributed by atoms with van der Waals surface area (Å²) in [4.78, 5) is 21.8. The number of hydrogen-bond acceptors (Lipinski definition) is 5. The van der Waals surface area contributed by atoms with E-state index in [9.17, 15) is 4.79 Å². The van der Waals surface area contributed by atoms with Crippen LogP contribution in [0.3, 0.4) is 0 Å². The van der Waals surface area contributed by atoms with Crippen LogP contribution in [0.4, 0.5) is 0 Å². The van der Waals surface area contributed by atoms with Crippen LogP contribution < -0.4 is 10.9 Å². The molecule has 6 heteroatoms. The first-order valence-electron chi connectivity index (χ1n) is 7.09. The normalized spacial score (nSPS) is 17.9. The molecule has 2 N–H and O–H groups in total. The summed E-state index contributed by atoms with van der Waals surface area (Å²) < 4.78 is 0.724. The average Bonchev–Trinajstić information content (AvgIpc) is 2.90. The van der Waals surface area contributed by atoms with Gasteiger partial charge in [-0.1, -0.05) is 0 Å². The minimum Gasteiger partial charge on any atom is -0.319 e. The van der Waals surface area contributed by atoms with E-state index in [0.717, 1.165) is 48.1 Å². The van der Waals surface area contributed by atoms with Crippen LogP contribution in [0.5, 0.6) is 0 Å². The number of H-pyrrole nitrogens is 1. The molecule has 0 unspecified atom stereocenters. The van der Waals surface area contributed by atoms with Gasteiger partial charge in [-0.3, -0.25) is 9.69 Å². The van der Waals surface area contributed by atoms with Crippen LogP contribution in [0.25, 0.3) is 10.2 Å². The monoisotopic (exact) mass is 292 g/mol. The Hall–Kier alpha value is -1.24. The Bertz CT molecular complexity index is 627. The molecule has 0 spiro atoms. The summed E-state index contributed by atoms with van der Waals surface area (Å²) in [6.45, 7) is 4.01. The quantitative estimate of drug-likeness (QED) is 0.894. The third-order valence-corrected chi connectivity index (χ3v) is 4.84. The van der Waals surface area contributed by atoms with Gasteiger partial charge >= 0.3 is 0 Å². The third-order valence-electron chi connectivity index (χ3n) is 3.94. The van der Waals surface area contributed by atoms with Crippen LogP contribution in [0.2, 0.25) is 0 Å². The Morgan fingerprint density at radius 1 is 1.50 bits per heavy atom. The van der Waals surface area contributed by atoms with Crippen molar-refractivity contribution in [2.75, 3.05) is 26.7 Å². The topological polar surface area (TPSA) is 61.0 Å². The first-order chi connectivity index (χ1) is 9.76. The second kappa shape index (κ2) is 6.03. The van der Waals surface area contributed by atoms with Crippen molar-refractivity contribution in [3.8, 4) is 0 Å². The van der Waals surface area contributed by atoms with Crippen LogP contribution >= 0.6 is 11.3 Å². The summed E-state index contributed by atoms with van der Waals surface area (Å²) in [6, 6.07) is 1.91. The predicted molar refractivity (Wildman–Crippen MR) is 82.2 cm³/mol. The molecule has 5 nitrogen and oxygen atoms in total. The largest absolute Gasteiger partial charge is 0.319 e. The minimum absolute atomic E-state index is 0.00920. The van der Waals surface area contributed by atoms with Crippen LogP contribution in [-0.4, -0.2) is 41.5 Å². The van der Waals surface area contributed by atoms with E-state index in [-0.39, 0.29) is 5.56 Å². The molecule has 3 heterocycles. The van der Waals surface area contributed by atoms with Gasteiger partial charge in [-0.15, -0.1) is 11.3 Å². The molecular weight excluding hydrogens is 272 g/mol. The van der Waals surface area contributed by atoms with E-state index >= 15 is 0 Å². The lowest BCUT2D eigenvalue weighted by atomic mass is 9.97. The number of aromatic nitrogens is 2. The molecule has 3 rings (SSSR count). The second-order valence-electron chi connectivity index (χ2n) is 5.42. The standard InChI is InChI=1S/C14H20N4OS/c1-15-8-10-2-5-18(6-3-10)9-12-16-11-4-7-20-13(11)14(19)17-12/h4,7,10,15H,2-3,5-6,8-9H2,1H3,(H,16,17,19). The highest BCUT2D eigenvalue weighted by Gasteiger charge is 2.19. The molecule has 1 saturated heterocycles. The fraction of sp³-hybridized carbons (Fsp3) is 0.571. The molecule has 0 saturated carbocycles. The van der Waals surface area contributed by atoms with Crippen LogP contribution in [0, 0.1) is 5.92 Å². The van der Waals surface area contributed by atoms with E-state index in [1.807, 2.05) is 18.5 Å². The fourth-order valence-corrected chi connectivity index (χ4v) is 3.57. The number of rotatable bonds is 4. The number of nitrogens with one attached hydrogen (secondary N) is 2. The molecule has 0 aromatic carbocycles. The van der Waals surface area contributed by atoms with Crippen molar-refractivity contribution >= 4 is 21.6 Å². The molecule has 0 bridgehead atoms. The number of nitrogens with zero attached hydrogens (tertiary/aromatic N) is 2. The molecule has 1 fully saturated rings. The number of piperidine rings is 1. The molecule has 0 aliphatic carbocycles. The van der Waals surface area contributed by atoms with Crippen molar-refractivity contribution < 1.29 is 0 Å². The van der Waals surface area contributed by atoms with Gasteiger partial charge in [0, 0.05) is 0 Å². The highest BCUT2D eigenvalue weighted by Crippen LogP contribution is 2.18. The molecule has 2 aromatic heterocycles. The summed E-state index contributed by atoms with van der Waals surface area (Å²) in [5.74, 6) is 1.57. The van der Waals surface area contributed by atoms with Gasteiger partial charge in [0.1, 0.15) is 10.5 Å². The third kappa shape index (κ3) is 2.92. The first-order valence-corrected chi connectivity index (χ1v) is 7.97. The van der Waals surface area contributed by atoms with E-state index in [1.165, 1.54) is 24.2 Å². The lowest BCUT2D eigenvalue weighted by Gasteiger charge is -2.31. The Labute approximate surface area is 122 Å². The van der Waals surface area contributed by atoms with Crippen molar-refractivity contribution in [3.05, 3.63) is 27.6 Å². The lowest BCUT2D eigenvalue weighted by molar-refractivity contribution is 0.173. The molecular formula is C14H20N4OS. The molecule has 1 aliphatic rings. The molecule has 0 atom stereocenters. The number of fused-ring (bicyclic) bond motifs is 1. The van der Waals surface area contributed by atoms with Gasteiger partial charge in [0.25, 0.3) is 5.56 Å². The predicted octanol–water partition coefficient (Wildman–Crippen LogP) is 1.42. The Morgan fingerprint density at radius 2 is 2.30 bits per heavy atom. The van der Waals surface area contributed by atoms with Crippen LogP contribution in [0.1, 0.15) is 18.7 Å². The lowest BCUT2D eigenvalue weighted by Crippen LogP contribution is -2.37. The zero-order chi connectivity index (χ0) is 13.9. The average molecular weight is 292 g/mol. The molecule has 0 radical (unpaired) electrons. The van der Waals surface area contributed by atoms with Crippen molar-refractivity contribution in [2.45, 2.75) is 19.4 Å². The maximum atomic E-state index is 11.9.